The molecule has 0 spiro atoms. The molecule has 0 bridgehead atoms. The highest BCUT2D eigenvalue weighted by atomic mass is 19.3. The largest absolute Gasteiger partial charge is 0.432 e. The maximum absolute atomic E-state index is 14.8. The summed E-state index contributed by atoms with van der Waals surface area (Å²) in [5, 5.41) is 0. The van der Waals surface area contributed by atoms with E-state index in [0.717, 1.165) is 12.1 Å². The molecule has 194 valence electrons. The molecule has 0 unspecified atom stereocenters. The van der Waals surface area contributed by atoms with Gasteiger partial charge in [0.2, 0.25) is 0 Å². The summed E-state index contributed by atoms with van der Waals surface area (Å²) >= 11 is 0. The SMILES string of the molecule is Cc1cc(OC(F)(F)c2c(F)cc(-c3ccccc3F)cc2F)cc(F)c1C#Cc1cc(F)c(F)c(F)c1. The molecule has 0 saturated heterocycles. The van der Waals surface area contributed by atoms with Crippen molar-refractivity contribution in [2.75, 3.05) is 0 Å². The summed E-state index contributed by atoms with van der Waals surface area (Å²) in [6.07, 6.45) is -4.61. The third-order valence-corrected chi connectivity index (χ3v) is 5.34. The molecule has 0 atom stereocenters. The van der Waals surface area contributed by atoms with E-state index >= 15 is 0 Å². The van der Waals surface area contributed by atoms with Crippen molar-refractivity contribution in [3.63, 3.8) is 0 Å². The minimum absolute atomic E-state index is 0.0674. The molecular weight excluding hydrogens is 523 g/mol. The van der Waals surface area contributed by atoms with Crippen LogP contribution in [0, 0.1) is 59.5 Å². The molecule has 0 fully saturated rings. The number of hydrogen-bond acceptors (Lipinski definition) is 1. The third kappa shape index (κ3) is 5.32. The van der Waals surface area contributed by atoms with Gasteiger partial charge in [-0.25, -0.2) is 30.7 Å². The van der Waals surface area contributed by atoms with Crippen LogP contribution in [0.2, 0.25) is 0 Å². The summed E-state index contributed by atoms with van der Waals surface area (Å²) in [5.74, 6) is -6.54. The molecule has 1 nitrogen and oxygen atoms in total. The zero-order valence-electron chi connectivity index (χ0n) is 19.1. The minimum atomic E-state index is -4.61. The zero-order chi connectivity index (χ0) is 27.8. The zero-order valence-corrected chi connectivity index (χ0v) is 19.1. The molecule has 4 rings (SSSR count). The van der Waals surface area contributed by atoms with Crippen molar-refractivity contribution in [3.8, 4) is 28.7 Å². The summed E-state index contributed by atoms with van der Waals surface area (Å²) in [6, 6.07) is 8.52. The molecular formula is C28H13F9O. The average molecular weight is 536 g/mol. The van der Waals surface area contributed by atoms with Crippen LogP contribution in [0.25, 0.3) is 11.1 Å². The number of hydrogen-bond donors (Lipinski definition) is 0. The first kappa shape index (κ1) is 26.7. The molecule has 4 aromatic rings. The number of rotatable bonds is 4. The van der Waals surface area contributed by atoms with Crippen LogP contribution in [-0.4, -0.2) is 0 Å². The molecule has 0 saturated carbocycles. The molecule has 0 aliphatic heterocycles. The highest BCUT2D eigenvalue weighted by Gasteiger charge is 2.41. The van der Waals surface area contributed by atoms with E-state index < -0.39 is 58.1 Å². The predicted octanol–water partition coefficient (Wildman–Crippen LogP) is 8.16. The highest BCUT2D eigenvalue weighted by molar-refractivity contribution is 5.65. The van der Waals surface area contributed by atoms with Crippen LogP contribution in [0.4, 0.5) is 39.5 Å². The lowest BCUT2D eigenvalue weighted by Gasteiger charge is -2.20. The molecule has 0 aliphatic carbocycles. The first-order valence-corrected chi connectivity index (χ1v) is 10.7. The van der Waals surface area contributed by atoms with Gasteiger partial charge in [-0.3, -0.25) is 0 Å². The smallest absolute Gasteiger partial charge is 0.429 e. The summed E-state index contributed by atoms with van der Waals surface area (Å²) < 4.78 is 132. The number of aryl methyl sites for hydroxylation is 1. The third-order valence-electron chi connectivity index (χ3n) is 5.34. The summed E-state index contributed by atoms with van der Waals surface area (Å²) in [5.41, 5.74) is -3.08. The molecule has 0 radical (unpaired) electrons. The van der Waals surface area contributed by atoms with Gasteiger partial charge in [-0.1, -0.05) is 30.0 Å². The Labute approximate surface area is 210 Å². The van der Waals surface area contributed by atoms with Crippen molar-refractivity contribution >= 4 is 0 Å². The van der Waals surface area contributed by atoms with Gasteiger partial charge in [-0.2, -0.15) is 8.78 Å². The second-order valence-corrected chi connectivity index (χ2v) is 8.01. The van der Waals surface area contributed by atoms with Gasteiger partial charge in [-0.15, -0.1) is 0 Å². The van der Waals surface area contributed by atoms with Gasteiger partial charge < -0.3 is 4.74 Å². The van der Waals surface area contributed by atoms with Crippen molar-refractivity contribution in [2.45, 2.75) is 13.0 Å². The van der Waals surface area contributed by atoms with E-state index in [1.54, 1.807) is 0 Å². The number of halogens is 9. The lowest BCUT2D eigenvalue weighted by molar-refractivity contribution is -0.189. The van der Waals surface area contributed by atoms with Crippen LogP contribution in [0.15, 0.2) is 60.7 Å². The molecule has 0 aromatic heterocycles. The van der Waals surface area contributed by atoms with E-state index in [1.165, 1.54) is 25.1 Å². The molecule has 10 heteroatoms. The summed E-state index contributed by atoms with van der Waals surface area (Å²) in [6.45, 7) is 1.24. The van der Waals surface area contributed by atoms with Crippen molar-refractivity contribution in [1.82, 2.24) is 0 Å². The van der Waals surface area contributed by atoms with Crippen LogP contribution in [0.5, 0.6) is 5.75 Å². The van der Waals surface area contributed by atoms with Crippen molar-refractivity contribution in [1.29, 1.82) is 0 Å². The van der Waals surface area contributed by atoms with Crippen molar-refractivity contribution < 1.29 is 44.3 Å². The van der Waals surface area contributed by atoms with Gasteiger partial charge >= 0.3 is 6.11 Å². The maximum atomic E-state index is 14.8. The molecule has 0 heterocycles. The normalized spacial score (nSPS) is 11.2. The second-order valence-electron chi connectivity index (χ2n) is 8.01. The van der Waals surface area contributed by atoms with Crippen molar-refractivity contribution in [2.24, 2.45) is 0 Å². The quantitative estimate of drug-likeness (QED) is 0.145. The van der Waals surface area contributed by atoms with Gasteiger partial charge in [0.15, 0.2) is 17.5 Å². The first-order valence-electron chi connectivity index (χ1n) is 10.7. The lowest BCUT2D eigenvalue weighted by Crippen LogP contribution is -2.25. The fraction of sp³-hybridized carbons (Fsp3) is 0.0714. The Kier molecular flexibility index (Phi) is 7.14. The number of alkyl halides is 2. The van der Waals surface area contributed by atoms with Crippen LogP contribution < -0.4 is 4.74 Å². The molecule has 38 heavy (non-hydrogen) atoms. The fourth-order valence-electron chi connectivity index (χ4n) is 3.59. The minimum Gasteiger partial charge on any atom is -0.429 e. The van der Waals surface area contributed by atoms with Crippen molar-refractivity contribution in [3.05, 3.63) is 124 Å². The van der Waals surface area contributed by atoms with E-state index in [2.05, 4.69) is 16.6 Å². The second kappa shape index (κ2) is 10.2. The first-order chi connectivity index (χ1) is 17.9. The topological polar surface area (TPSA) is 9.23 Å². The Morgan fingerprint density at radius 1 is 0.658 bits per heavy atom. The Morgan fingerprint density at radius 3 is 1.84 bits per heavy atom. The van der Waals surface area contributed by atoms with Gasteiger partial charge in [-0.05, 0) is 54.4 Å². The molecule has 4 aromatic carbocycles. The fourth-order valence-corrected chi connectivity index (χ4v) is 3.59. The van der Waals surface area contributed by atoms with E-state index in [9.17, 15) is 39.5 Å². The van der Waals surface area contributed by atoms with E-state index in [4.69, 9.17) is 0 Å². The Hall–Kier alpha value is -4.39. The number of ether oxygens (including phenoxy) is 1. The highest BCUT2D eigenvalue weighted by Crippen LogP contribution is 2.38. The van der Waals surface area contributed by atoms with Gasteiger partial charge in [0.25, 0.3) is 0 Å². The number of benzene rings is 4. The van der Waals surface area contributed by atoms with Gasteiger partial charge in [0.05, 0.1) is 5.56 Å². The predicted molar refractivity (Wildman–Crippen MR) is 120 cm³/mol. The summed E-state index contributed by atoms with van der Waals surface area (Å²) in [7, 11) is 0. The molecule has 0 N–H and O–H groups in total. The van der Waals surface area contributed by atoms with Crippen LogP contribution in [0.3, 0.4) is 0 Å². The molecule has 0 amide bonds. The molecule has 0 aliphatic rings. The van der Waals surface area contributed by atoms with Crippen LogP contribution >= 0.6 is 0 Å². The standard InChI is InChI=1S/C28H13F9O/c1-14-8-17(13-21(30)18(14)7-6-15-9-24(33)27(35)25(34)10-15)38-28(36,37)26-22(31)11-16(12-23(26)32)19-4-2-3-5-20(19)29/h2-5,8-13H,1H3. The Bertz CT molecular complexity index is 1550. The Morgan fingerprint density at radius 2 is 1.26 bits per heavy atom. The van der Waals surface area contributed by atoms with E-state index in [0.29, 0.717) is 30.3 Å². The van der Waals surface area contributed by atoms with Gasteiger partial charge in [0, 0.05) is 17.2 Å². The van der Waals surface area contributed by atoms with Crippen LogP contribution in [-0.2, 0) is 6.11 Å². The monoisotopic (exact) mass is 536 g/mol. The summed E-state index contributed by atoms with van der Waals surface area (Å²) in [4.78, 5) is 0. The lowest BCUT2D eigenvalue weighted by atomic mass is 10.0. The average Bonchev–Trinajstić information content (AvgIpc) is 2.81. The Balaban J connectivity index is 1.64. The van der Waals surface area contributed by atoms with Crippen LogP contribution in [0.1, 0.15) is 22.3 Å². The van der Waals surface area contributed by atoms with E-state index in [1.807, 2.05) is 0 Å². The van der Waals surface area contributed by atoms with Gasteiger partial charge in [0.1, 0.15) is 34.6 Å². The maximum Gasteiger partial charge on any atom is 0.432 e. The van der Waals surface area contributed by atoms with E-state index in [-0.39, 0.29) is 27.8 Å².